The summed E-state index contributed by atoms with van der Waals surface area (Å²) in [6.45, 7) is 1.62. The van der Waals surface area contributed by atoms with Gasteiger partial charge in [0, 0.05) is 17.6 Å². The zero-order chi connectivity index (χ0) is 12.4. The van der Waals surface area contributed by atoms with E-state index in [0.717, 1.165) is 18.8 Å². The Morgan fingerprint density at radius 1 is 1.11 bits per heavy atom. The Hall–Kier alpha value is -1.52. The summed E-state index contributed by atoms with van der Waals surface area (Å²) in [7, 11) is 0. The van der Waals surface area contributed by atoms with Gasteiger partial charge in [0.25, 0.3) is 0 Å². The first-order valence-corrected chi connectivity index (χ1v) is 6.91. The molecule has 0 aliphatic carbocycles. The van der Waals surface area contributed by atoms with E-state index in [4.69, 9.17) is 5.73 Å². The number of nitrogens with zero attached hydrogens (tertiary/aromatic N) is 2. The number of aromatic nitrogens is 1. The highest BCUT2D eigenvalue weighted by Gasteiger charge is 2.23. The second kappa shape index (κ2) is 5.00. The fraction of sp³-hybridized carbons (Fsp3) is 0.214. The van der Waals surface area contributed by atoms with Crippen molar-refractivity contribution in [2.45, 2.75) is 16.2 Å². The molecule has 1 aromatic heterocycles. The molecule has 0 radical (unpaired) electrons. The summed E-state index contributed by atoms with van der Waals surface area (Å²) in [5.74, 6) is 1.05. The molecule has 4 heteroatoms. The third-order valence-electron chi connectivity index (χ3n) is 2.97. The van der Waals surface area contributed by atoms with Crippen LogP contribution >= 0.6 is 11.8 Å². The zero-order valence-electron chi connectivity index (χ0n) is 10.0. The first-order chi connectivity index (χ1) is 8.90. The summed E-state index contributed by atoms with van der Waals surface area (Å²) >= 11 is 1.78. The number of hydrogen-bond acceptors (Lipinski definition) is 4. The Morgan fingerprint density at radius 2 is 1.94 bits per heavy atom. The molecule has 0 saturated carbocycles. The van der Waals surface area contributed by atoms with E-state index in [0.29, 0.717) is 6.54 Å². The van der Waals surface area contributed by atoms with E-state index in [1.807, 2.05) is 12.3 Å². The summed E-state index contributed by atoms with van der Waals surface area (Å²) < 4.78 is 0. The Labute approximate surface area is 111 Å². The number of benzene rings is 1. The van der Waals surface area contributed by atoms with Crippen LogP contribution in [0.3, 0.4) is 0 Å². The maximum absolute atomic E-state index is 5.63. The average molecular weight is 257 g/mol. The number of nitrogens with two attached hydrogens (primary N) is 1. The highest BCUT2D eigenvalue weighted by atomic mass is 32.2. The number of anilines is 2. The van der Waals surface area contributed by atoms with E-state index in [-0.39, 0.29) is 0 Å². The predicted octanol–water partition coefficient (Wildman–Crippen LogP) is 3.03. The van der Waals surface area contributed by atoms with Crippen LogP contribution in [-0.2, 0) is 0 Å². The molecule has 3 rings (SSSR count). The third kappa shape index (κ3) is 1.98. The van der Waals surface area contributed by atoms with Crippen LogP contribution in [0, 0.1) is 0 Å². The van der Waals surface area contributed by atoms with Crippen LogP contribution in [0.4, 0.5) is 11.5 Å². The number of para-hydroxylation sites is 1. The molecule has 0 bridgehead atoms. The van der Waals surface area contributed by atoms with Crippen molar-refractivity contribution in [3.05, 3.63) is 42.6 Å². The molecule has 1 aliphatic heterocycles. The van der Waals surface area contributed by atoms with Gasteiger partial charge in [0.15, 0.2) is 0 Å². The van der Waals surface area contributed by atoms with Crippen LogP contribution in [0.1, 0.15) is 6.42 Å². The van der Waals surface area contributed by atoms with Gasteiger partial charge < -0.3 is 10.6 Å². The molecule has 1 aromatic carbocycles. The van der Waals surface area contributed by atoms with Crippen LogP contribution in [-0.4, -0.2) is 18.1 Å². The van der Waals surface area contributed by atoms with Gasteiger partial charge in [-0.3, -0.25) is 0 Å². The maximum atomic E-state index is 5.63. The lowest BCUT2D eigenvalue weighted by Crippen LogP contribution is -2.24. The quantitative estimate of drug-likeness (QED) is 0.917. The van der Waals surface area contributed by atoms with Gasteiger partial charge in [-0.05, 0) is 37.2 Å². The Balaban J connectivity index is 2.05. The van der Waals surface area contributed by atoms with Crippen molar-refractivity contribution in [2.24, 2.45) is 5.73 Å². The topological polar surface area (TPSA) is 42.1 Å². The van der Waals surface area contributed by atoms with Gasteiger partial charge in [0.1, 0.15) is 5.82 Å². The molecule has 0 amide bonds. The van der Waals surface area contributed by atoms with Gasteiger partial charge in [-0.1, -0.05) is 23.9 Å². The molecule has 0 spiro atoms. The normalized spacial score (nSPS) is 13.1. The predicted molar refractivity (Wildman–Crippen MR) is 75.5 cm³/mol. The lowest BCUT2D eigenvalue weighted by Gasteiger charge is -2.31. The average Bonchev–Trinajstić information content (AvgIpc) is 2.43. The van der Waals surface area contributed by atoms with E-state index in [2.05, 4.69) is 40.2 Å². The molecule has 3 nitrogen and oxygen atoms in total. The second-order valence-corrected chi connectivity index (χ2v) is 5.27. The minimum Gasteiger partial charge on any atom is -0.330 e. The zero-order valence-corrected chi connectivity index (χ0v) is 10.9. The van der Waals surface area contributed by atoms with Crippen LogP contribution < -0.4 is 10.6 Å². The van der Waals surface area contributed by atoms with Gasteiger partial charge >= 0.3 is 0 Å². The van der Waals surface area contributed by atoms with Gasteiger partial charge in [-0.15, -0.1) is 0 Å². The number of rotatable bonds is 3. The molecule has 0 saturated heterocycles. The molecule has 1 aliphatic rings. The Kier molecular flexibility index (Phi) is 3.21. The van der Waals surface area contributed by atoms with Crippen molar-refractivity contribution in [3.63, 3.8) is 0 Å². The third-order valence-corrected chi connectivity index (χ3v) is 4.07. The molecule has 0 atom stereocenters. The van der Waals surface area contributed by atoms with E-state index >= 15 is 0 Å². The highest BCUT2D eigenvalue weighted by molar-refractivity contribution is 7.99. The summed E-state index contributed by atoms with van der Waals surface area (Å²) in [4.78, 5) is 9.29. The molecule has 0 fully saturated rings. The van der Waals surface area contributed by atoms with E-state index in [9.17, 15) is 0 Å². The van der Waals surface area contributed by atoms with Crippen LogP contribution in [0.2, 0.25) is 0 Å². The first-order valence-electron chi connectivity index (χ1n) is 6.09. The van der Waals surface area contributed by atoms with Crippen molar-refractivity contribution >= 4 is 23.3 Å². The van der Waals surface area contributed by atoms with E-state index in [1.165, 1.54) is 15.5 Å². The first kappa shape index (κ1) is 11.6. The minimum absolute atomic E-state index is 0.702. The van der Waals surface area contributed by atoms with Crippen LogP contribution in [0.25, 0.3) is 0 Å². The second-order valence-electron chi connectivity index (χ2n) is 4.19. The molecule has 18 heavy (non-hydrogen) atoms. The van der Waals surface area contributed by atoms with E-state index < -0.39 is 0 Å². The monoisotopic (exact) mass is 257 g/mol. The van der Waals surface area contributed by atoms with Crippen molar-refractivity contribution in [1.82, 2.24) is 4.98 Å². The lowest BCUT2D eigenvalue weighted by molar-refractivity contribution is 0.797. The fourth-order valence-electron chi connectivity index (χ4n) is 2.14. The van der Waals surface area contributed by atoms with Gasteiger partial charge in [0.2, 0.25) is 0 Å². The minimum atomic E-state index is 0.702. The molecule has 92 valence electrons. The van der Waals surface area contributed by atoms with Crippen LogP contribution in [0.15, 0.2) is 52.4 Å². The van der Waals surface area contributed by atoms with Crippen LogP contribution in [0.5, 0.6) is 0 Å². The summed E-state index contributed by atoms with van der Waals surface area (Å²) in [5.41, 5.74) is 6.87. The molecule has 0 unspecified atom stereocenters. The van der Waals surface area contributed by atoms with Gasteiger partial charge in [0.05, 0.1) is 10.6 Å². The Bertz CT molecular complexity index is 511. The van der Waals surface area contributed by atoms with Crippen molar-refractivity contribution in [1.29, 1.82) is 0 Å². The summed E-state index contributed by atoms with van der Waals surface area (Å²) in [5, 5.41) is 0. The highest BCUT2D eigenvalue weighted by Crippen LogP contribution is 2.46. The summed E-state index contributed by atoms with van der Waals surface area (Å²) in [6, 6.07) is 12.6. The van der Waals surface area contributed by atoms with Crippen molar-refractivity contribution < 1.29 is 0 Å². The molecule has 2 heterocycles. The Morgan fingerprint density at radius 3 is 2.83 bits per heavy atom. The van der Waals surface area contributed by atoms with Crippen molar-refractivity contribution in [3.8, 4) is 0 Å². The summed E-state index contributed by atoms with van der Waals surface area (Å²) in [6.07, 6.45) is 2.82. The SMILES string of the molecule is NCCCN1c2ccccc2Sc2cccnc21. The lowest BCUT2D eigenvalue weighted by atomic mass is 10.2. The maximum Gasteiger partial charge on any atom is 0.147 e. The smallest absolute Gasteiger partial charge is 0.147 e. The van der Waals surface area contributed by atoms with E-state index in [1.54, 1.807) is 11.8 Å². The fourth-order valence-corrected chi connectivity index (χ4v) is 3.21. The molecule has 2 aromatic rings. The molecule has 2 N–H and O–H groups in total. The molecular formula is C14H15N3S. The standard InChI is InChI=1S/C14H15N3S/c15-8-4-10-17-11-5-1-2-6-12(11)18-13-7-3-9-16-14(13)17/h1-3,5-7,9H,4,8,10,15H2. The van der Waals surface area contributed by atoms with Gasteiger partial charge in [-0.25, -0.2) is 4.98 Å². The number of hydrogen-bond donors (Lipinski definition) is 1. The number of pyridine rings is 1. The number of fused-ring (bicyclic) bond motifs is 2. The van der Waals surface area contributed by atoms with Gasteiger partial charge in [-0.2, -0.15) is 0 Å². The van der Waals surface area contributed by atoms with Crippen molar-refractivity contribution in [2.75, 3.05) is 18.0 Å². The molecular weight excluding hydrogens is 242 g/mol. The largest absolute Gasteiger partial charge is 0.330 e.